The van der Waals surface area contributed by atoms with Gasteiger partial charge in [0.25, 0.3) is 0 Å². The van der Waals surface area contributed by atoms with Gasteiger partial charge in [-0.3, -0.25) is 0 Å². The molecule has 0 aromatic carbocycles. The first-order valence-electron chi connectivity index (χ1n) is 7.11. The predicted molar refractivity (Wildman–Crippen MR) is 73.2 cm³/mol. The highest BCUT2D eigenvalue weighted by molar-refractivity contribution is 4.83. The Labute approximate surface area is 107 Å². The summed E-state index contributed by atoms with van der Waals surface area (Å²) in [6.07, 6.45) is 3.91. The fourth-order valence-electron chi connectivity index (χ4n) is 2.59. The number of piperidine rings is 1. The fraction of sp³-hybridized carbons (Fsp3) is 1.00. The fourth-order valence-corrected chi connectivity index (χ4v) is 2.59. The zero-order valence-corrected chi connectivity index (χ0v) is 12.0. The molecule has 0 radical (unpaired) electrons. The lowest BCUT2D eigenvalue weighted by Crippen LogP contribution is -2.51. The van der Waals surface area contributed by atoms with E-state index in [1.807, 2.05) is 6.92 Å². The van der Waals surface area contributed by atoms with E-state index in [1.54, 1.807) is 0 Å². The van der Waals surface area contributed by atoms with Gasteiger partial charge in [0.2, 0.25) is 0 Å². The number of aliphatic hydroxyl groups is 1. The Kier molecular flexibility index (Phi) is 5.90. The first-order valence-corrected chi connectivity index (χ1v) is 7.11. The lowest BCUT2D eigenvalue weighted by Gasteiger charge is -2.37. The van der Waals surface area contributed by atoms with Crippen LogP contribution in [0.25, 0.3) is 0 Å². The Morgan fingerprint density at radius 1 is 1.47 bits per heavy atom. The van der Waals surface area contributed by atoms with E-state index in [2.05, 4.69) is 31.0 Å². The van der Waals surface area contributed by atoms with Gasteiger partial charge in [-0.15, -0.1) is 0 Å². The van der Waals surface area contributed by atoms with Gasteiger partial charge in [0.05, 0.1) is 5.60 Å². The number of β-amino-alcohol motifs (C(OH)–C–C–N with tert-alkyl or cyclic N) is 1. The molecule has 0 spiro atoms. The standard InChI is InChI=1S/C14H30N2O/c1-5-13-7-6-8-16(9-13)11-14(4,17)10-15-12(2)3/h12-13,15,17H,5-11H2,1-4H3. The SMILES string of the molecule is CCC1CCCN(CC(C)(O)CNC(C)C)C1. The molecule has 0 saturated carbocycles. The third-order valence-electron chi connectivity index (χ3n) is 3.64. The molecule has 2 atom stereocenters. The molecule has 1 rings (SSSR count). The van der Waals surface area contributed by atoms with Crippen LogP contribution in [-0.4, -0.2) is 47.8 Å². The molecule has 0 amide bonds. The van der Waals surface area contributed by atoms with E-state index in [9.17, 15) is 5.11 Å². The van der Waals surface area contributed by atoms with Gasteiger partial charge in [0.15, 0.2) is 0 Å². The van der Waals surface area contributed by atoms with Gasteiger partial charge in [-0.05, 0) is 32.2 Å². The highest BCUT2D eigenvalue weighted by atomic mass is 16.3. The van der Waals surface area contributed by atoms with Crippen LogP contribution >= 0.6 is 0 Å². The summed E-state index contributed by atoms with van der Waals surface area (Å²) in [7, 11) is 0. The molecule has 3 heteroatoms. The van der Waals surface area contributed by atoms with Gasteiger partial charge >= 0.3 is 0 Å². The van der Waals surface area contributed by atoms with Gasteiger partial charge in [-0.25, -0.2) is 0 Å². The Hall–Kier alpha value is -0.120. The van der Waals surface area contributed by atoms with Crippen molar-refractivity contribution in [1.29, 1.82) is 0 Å². The minimum absolute atomic E-state index is 0.436. The molecular formula is C14H30N2O. The van der Waals surface area contributed by atoms with Crippen LogP contribution in [0.3, 0.4) is 0 Å². The third-order valence-corrected chi connectivity index (χ3v) is 3.64. The summed E-state index contributed by atoms with van der Waals surface area (Å²) in [5.41, 5.74) is -0.611. The normalized spacial score (nSPS) is 26.1. The molecule has 2 N–H and O–H groups in total. The highest BCUT2D eigenvalue weighted by Gasteiger charge is 2.27. The zero-order valence-electron chi connectivity index (χ0n) is 12.0. The predicted octanol–water partition coefficient (Wildman–Crippen LogP) is 1.86. The van der Waals surface area contributed by atoms with Crippen LogP contribution in [0, 0.1) is 5.92 Å². The first kappa shape index (κ1) is 14.9. The van der Waals surface area contributed by atoms with E-state index in [-0.39, 0.29) is 0 Å². The number of hydrogen-bond acceptors (Lipinski definition) is 3. The number of likely N-dealkylation sites (tertiary alicyclic amines) is 1. The molecule has 0 bridgehead atoms. The zero-order chi connectivity index (χ0) is 12.9. The second-order valence-electron chi connectivity index (χ2n) is 6.18. The molecule has 1 aliphatic rings. The molecule has 17 heavy (non-hydrogen) atoms. The van der Waals surface area contributed by atoms with Crippen molar-refractivity contribution < 1.29 is 5.11 Å². The average molecular weight is 242 g/mol. The van der Waals surface area contributed by atoms with E-state index < -0.39 is 5.60 Å². The summed E-state index contributed by atoms with van der Waals surface area (Å²) < 4.78 is 0. The quantitative estimate of drug-likeness (QED) is 0.746. The van der Waals surface area contributed by atoms with E-state index in [0.717, 1.165) is 25.6 Å². The number of hydrogen-bond donors (Lipinski definition) is 2. The number of rotatable bonds is 6. The van der Waals surface area contributed by atoms with Crippen molar-refractivity contribution in [2.75, 3.05) is 26.2 Å². The molecule has 1 aliphatic heterocycles. The summed E-state index contributed by atoms with van der Waals surface area (Å²) in [5, 5.41) is 13.7. The number of nitrogens with zero attached hydrogens (tertiary/aromatic N) is 1. The Bertz CT molecular complexity index is 216. The smallest absolute Gasteiger partial charge is 0.0869 e. The molecule has 0 aliphatic carbocycles. The third kappa shape index (κ3) is 5.84. The van der Waals surface area contributed by atoms with Crippen LogP contribution < -0.4 is 5.32 Å². The van der Waals surface area contributed by atoms with Crippen molar-refractivity contribution in [1.82, 2.24) is 10.2 Å². The second kappa shape index (κ2) is 6.72. The molecule has 0 aromatic rings. The van der Waals surface area contributed by atoms with E-state index >= 15 is 0 Å². The maximum Gasteiger partial charge on any atom is 0.0869 e. The highest BCUT2D eigenvalue weighted by Crippen LogP contribution is 2.20. The molecule has 1 saturated heterocycles. The van der Waals surface area contributed by atoms with Crippen molar-refractivity contribution in [3.63, 3.8) is 0 Å². The van der Waals surface area contributed by atoms with Crippen LogP contribution in [0.2, 0.25) is 0 Å². The molecular weight excluding hydrogens is 212 g/mol. The molecule has 3 nitrogen and oxygen atoms in total. The monoisotopic (exact) mass is 242 g/mol. The second-order valence-corrected chi connectivity index (χ2v) is 6.18. The summed E-state index contributed by atoms with van der Waals surface area (Å²) in [6.45, 7) is 12.2. The Morgan fingerprint density at radius 2 is 2.18 bits per heavy atom. The van der Waals surface area contributed by atoms with E-state index in [1.165, 1.54) is 19.3 Å². The number of nitrogens with one attached hydrogen (secondary N) is 1. The van der Waals surface area contributed by atoms with Crippen molar-refractivity contribution in [3.05, 3.63) is 0 Å². The van der Waals surface area contributed by atoms with Gasteiger partial charge < -0.3 is 15.3 Å². The molecule has 2 unspecified atom stereocenters. The molecule has 102 valence electrons. The van der Waals surface area contributed by atoms with Gasteiger partial charge in [-0.2, -0.15) is 0 Å². The summed E-state index contributed by atoms with van der Waals surface area (Å²) in [6, 6.07) is 0.436. The molecule has 1 heterocycles. The summed E-state index contributed by atoms with van der Waals surface area (Å²) in [4.78, 5) is 2.43. The minimum Gasteiger partial charge on any atom is -0.388 e. The molecule has 1 fully saturated rings. The van der Waals surface area contributed by atoms with E-state index in [0.29, 0.717) is 12.6 Å². The Morgan fingerprint density at radius 3 is 2.76 bits per heavy atom. The van der Waals surface area contributed by atoms with Gasteiger partial charge in [-0.1, -0.05) is 27.2 Å². The van der Waals surface area contributed by atoms with Crippen LogP contribution in [0.5, 0.6) is 0 Å². The van der Waals surface area contributed by atoms with Crippen molar-refractivity contribution >= 4 is 0 Å². The topological polar surface area (TPSA) is 35.5 Å². The van der Waals surface area contributed by atoms with Gasteiger partial charge in [0, 0.05) is 25.7 Å². The average Bonchev–Trinajstić information content (AvgIpc) is 2.26. The van der Waals surface area contributed by atoms with Crippen molar-refractivity contribution in [2.24, 2.45) is 5.92 Å². The maximum absolute atomic E-state index is 10.4. The van der Waals surface area contributed by atoms with Crippen LogP contribution in [0.15, 0.2) is 0 Å². The van der Waals surface area contributed by atoms with Crippen LogP contribution in [0.1, 0.15) is 47.0 Å². The minimum atomic E-state index is -0.611. The van der Waals surface area contributed by atoms with Gasteiger partial charge in [0.1, 0.15) is 0 Å². The van der Waals surface area contributed by atoms with Crippen molar-refractivity contribution in [2.45, 2.75) is 58.6 Å². The van der Waals surface area contributed by atoms with Crippen LogP contribution in [-0.2, 0) is 0 Å². The van der Waals surface area contributed by atoms with Crippen molar-refractivity contribution in [3.8, 4) is 0 Å². The maximum atomic E-state index is 10.4. The lowest BCUT2D eigenvalue weighted by atomic mass is 9.94. The molecule has 0 aromatic heterocycles. The van der Waals surface area contributed by atoms with E-state index in [4.69, 9.17) is 0 Å². The lowest BCUT2D eigenvalue weighted by molar-refractivity contribution is 0.00609. The first-order chi connectivity index (χ1) is 7.93. The van der Waals surface area contributed by atoms with Crippen LogP contribution in [0.4, 0.5) is 0 Å². The largest absolute Gasteiger partial charge is 0.388 e. The summed E-state index contributed by atoms with van der Waals surface area (Å²) in [5.74, 6) is 0.831. The summed E-state index contributed by atoms with van der Waals surface area (Å²) >= 11 is 0. The Balaban J connectivity index is 2.35.